The third kappa shape index (κ3) is 3.41. The Morgan fingerprint density at radius 1 is 1.03 bits per heavy atom. The first-order valence-corrected chi connectivity index (χ1v) is 9.85. The van der Waals surface area contributed by atoms with Crippen LogP contribution in [0.3, 0.4) is 0 Å². The van der Waals surface area contributed by atoms with Crippen LogP contribution in [0.2, 0.25) is 0 Å². The predicted octanol–water partition coefficient (Wildman–Crippen LogP) is 2.79. The van der Waals surface area contributed by atoms with E-state index in [1.807, 2.05) is 42.2 Å². The number of nitrogens with zero attached hydrogens (tertiary/aromatic N) is 7. The summed E-state index contributed by atoms with van der Waals surface area (Å²) < 4.78 is 15.9. The van der Waals surface area contributed by atoms with Gasteiger partial charge < -0.3 is 19.1 Å². The number of rotatable bonds is 6. The van der Waals surface area contributed by atoms with Gasteiger partial charge in [0.1, 0.15) is 0 Å². The van der Waals surface area contributed by atoms with Crippen molar-refractivity contribution >= 4 is 10.9 Å². The van der Waals surface area contributed by atoms with E-state index in [-0.39, 0.29) is 5.88 Å². The molecule has 0 spiro atoms. The highest BCUT2D eigenvalue weighted by Crippen LogP contribution is 2.33. The van der Waals surface area contributed by atoms with Gasteiger partial charge in [0.25, 0.3) is 5.88 Å². The van der Waals surface area contributed by atoms with Crippen molar-refractivity contribution in [3.8, 4) is 34.5 Å². The van der Waals surface area contributed by atoms with Gasteiger partial charge in [0.05, 0.1) is 61.3 Å². The highest BCUT2D eigenvalue weighted by atomic mass is 16.5. The molecule has 10 heteroatoms. The molecule has 5 heterocycles. The van der Waals surface area contributed by atoms with Crippen LogP contribution in [0, 0.1) is 0 Å². The van der Waals surface area contributed by atoms with E-state index in [4.69, 9.17) is 14.5 Å². The van der Waals surface area contributed by atoms with E-state index in [1.54, 1.807) is 48.4 Å². The lowest BCUT2D eigenvalue weighted by molar-refractivity contribution is 0.343. The van der Waals surface area contributed by atoms with Gasteiger partial charge in [-0.25, -0.2) is 15.0 Å². The topological polar surface area (TPSA) is 105 Å². The van der Waals surface area contributed by atoms with E-state index in [1.165, 1.54) is 0 Å². The quantitative estimate of drug-likeness (QED) is 0.441. The predicted molar refractivity (Wildman–Crippen MR) is 117 cm³/mol. The minimum Gasteiger partial charge on any atom is -0.494 e. The number of ether oxygens (including phenoxy) is 2. The van der Waals surface area contributed by atoms with Crippen LogP contribution in [0.25, 0.3) is 27.8 Å². The number of hydrogen-bond donors (Lipinski definition) is 1. The van der Waals surface area contributed by atoms with Gasteiger partial charge in [0, 0.05) is 37.4 Å². The molecule has 0 aliphatic rings. The van der Waals surface area contributed by atoms with Crippen LogP contribution < -0.4 is 9.47 Å². The van der Waals surface area contributed by atoms with Crippen molar-refractivity contribution in [2.24, 2.45) is 7.05 Å². The number of methoxy groups -OCH3 is 2. The minimum absolute atomic E-state index is 0.0990. The standard InChI is InChI=1S/C22H21N7O3/c1-27-9-15(24-13-27)10-28-11-16(8-25-28)29-12-19-17(22(29)30)4-5-18(26-19)14-6-20(31-2)21(32-3)23-7-14/h4-9,11-13,30H,10H2,1-3H3. The number of imidazole rings is 1. The first-order valence-electron chi connectivity index (χ1n) is 9.85. The molecule has 0 saturated carbocycles. The molecule has 0 fully saturated rings. The van der Waals surface area contributed by atoms with Crippen molar-refractivity contribution in [2.45, 2.75) is 6.54 Å². The van der Waals surface area contributed by atoms with E-state index in [0.717, 1.165) is 16.9 Å². The Kier molecular flexibility index (Phi) is 4.74. The number of fused-ring (bicyclic) bond motifs is 1. The van der Waals surface area contributed by atoms with Crippen LogP contribution in [0.15, 0.2) is 55.5 Å². The molecular weight excluding hydrogens is 410 g/mol. The lowest BCUT2D eigenvalue weighted by atomic mass is 10.1. The van der Waals surface area contributed by atoms with Gasteiger partial charge in [0.15, 0.2) is 5.75 Å². The molecular formula is C22H21N7O3. The molecule has 32 heavy (non-hydrogen) atoms. The Hall–Kier alpha value is -4.34. The van der Waals surface area contributed by atoms with Crippen LogP contribution in [0.4, 0.5) is 0 Å². The second-order valence-corrected chi connectivity index (χ2v) is 7.31. The largest absolute Gasteiger partial charge is 0.494 e. The maximum absolute atomic E-state index is 10.8. The zero-order valence-electron chi connectivity index (χ0n) is 17.8. The Labute approximate surface area is 183 Å². The molecule has 5 aromatic rings. The molecule has 10 nitrogen and oxygen atoms in total. The summed E-state index contributed by atoms with van der Waals surface area (Å²) >= 11 is 0. The average Bonchev–Trinajstić information content (AvgIpc) is 3.52. The zero-order valence-corrected chi connectivity index (χ0v) is 17.8. The van der Waals surface area contributed by atoms with Crippen molar-refractivity contribution < 1.29 is 14.6 Å². The number of pyridine rings is 2. The van der Waals surface area contributed by atoms with E-state index in [9.17, 15) is 5.11 Å². The first-order chi connectivity index (χ1) is 15.6. The Morgan fingerprint density at radius 2 is 1.91 bits per heavy atom. The third-order valence-corrected chi connectivity index (χ3v) is 5.15. The summed E-state index contributed by atoms with van der Waals surface area (Å²) in [6.45, 7) is 0.539. The summed E-state index contributed by atoms with van der Waals surface area (Å²) in [6.07, 6.45) is 10.7. The van der Waals surface area contributed by atoms with E-state index in [0.29, 0.717) is 34.8 Å². The number of aromatic hydroxyl groups is 1. The molecule has 0 saturated heterocycles. The molecule has 5 aromatic heterocycles. The van der Waals surface area contributed by atoms with Gasteiger partial charge in [-0.2, -0.15) is 5.10 Å². The van der Waals surface area contributed by atoms with Crippen LogP contribution in [0.1, 0.15) is 5.69 Å². The van der Waals surface area contributed by atoms with Crippen molar-refractivity contribution in [2.75, 3.05) is 14.2 Å². The second-order valence-electron chi connectivity index (χ2n) is 7.31. The zero-order chi connectivity index (χ0) is 22.2. The van der Waals surface area contributed by atoms with E-state index >= 15 is 0 Å². The fraction of sp³-hybridized carbons (Fsp3) is 0.182. The summed E-state index contributed by atoms with van der Waals surface area (Å²) in [5.41, 5.74) is 3.76. The molecule has 162 valence electrons. The highest BCUT2D eigenvalue weighted by molar-refractivity contribution is 5.87. The van der Waals surface area contributed by atoms with Crippen LogP contribution in [-0.2, 0) is 13.6 Å². The molecule has 0 aromatic carbocycles. The maximum atomic E-state index is 10.8. The molecule has 5 rings (SSSR count). The smallest absolute Gasteiger partial charge is 0.256 e. The number of aromatic nitrogens is 7. The van der Waals surface area contributed by atoms with Gasteiger partial charge in [0.2, 0.25) is 5.88 Å². The lowest BCUT2D eigenvalue weighted by Gasteiger charge is -2.08. The van der Waals surface area contributed by atoms with E-state index in [2.05, 4.69) is 15.1 Å². The van der Waals surface area contributed by atoms with Crippen LogP contribution in [-0.4, -0.2) is 53.2 Å². The number of hydrogen-bond acceptors (Lipinski definition) is 7. The Balaban J connectivity index is 1.48. The van der Waals surface area contributed by atoms with Gasteiger partial charge in [-0.1, -0.05) is 0 Å². The minimum atomic E-state index is 0.0990. The summed E-state index contributed by atoms with van der Waals surface area (Å²) in [4.78, 5) is 13.3. The van der Waals surface area contributed by atoms with Gasteiger partial charge in [-0.05, 0) is 18.2 Å². The Morgan fingerprint density at radius 3 is 2.66 bits per heavy atom. The molecule has 0 aliphatic carbocycles. The summed E-state index contributed by atoms with van der Waals surface area (Å²) in [6, 6.07) is 5.48. The second kappa shape index (κ2) is 7.73. The summed E-state index contributed by atoms with van der Waals surface area (Å²) in [7, 11) is 5.03. The highest BCUT2D eigenvalue weighted by Gasteiger charge is 2.15. The molecule has 0 amide bonds. The van der Waals surface area contributed by atoms with Gasteiger partial charge >= 0.3 is 0 Å². The number of aryl methyl sites for hydroxylation is 1. The summed E-state index contributed by atoms with van der Waals surface area (Å²) in [5, 5.41) is 15.8. The molecule has 0 unspecified atom stereocenters. The molecule has 0 atom stereocenters. The maximum Gasteiger partial charge on any atom is 0.256 e. The van der Waals surface area contributed by atoms with E-state index < -0.39 is 0 Å². The van der Waals surface area contributed by atoms with Crippen LogP contribution in [0.5, 0.6) is 17.5 Å². The summed E-state index contributed by atoms with van der Waals surface area (Å²) in [5.74, 6) is 1.03. The fourth-order valence-electron chi connectivity index (χ4n) is 3.58. The van der Waals surface area contributed by atoms with Gasteiger partial charge in [-0.15, -0.1) is 0 Å². The van der Waals surface area contributed by atoms with Crippen molar-refractivity contribution in [3.63, 3.8) is 0 Å². The van der Waals surface area contributed by atoms with Crippen LogP contribution >= 0.6 is 0 Å². The van der Waals surface area contributed by atoms with Crippen molar-refractivity contribution in [3.05, 3.63) is 61.2 Å². The first kappa shape index (κ1) is 19.6. The third-order valence-electron chi connectivity index (χ3n) is 5.15. The van der Waals surface area contributed by atoms with Crippen molar-refractivity contribution in [1.29, 1.82) is 0 Å². The Bertz CT molecular complexity index is 1420. The average molecular weight is 431 g/mol. The molecule has 0 bridgehead atoms. The normalized spacial score (nSPS) is 11.2. The molecule has 1 N–H and O–H groups in total. The van der Waals surface area contributed by atoms with Crippen molar-refractivity contribution in [1.82, 2.24) is 33.9 Å². The lowest BCUT2D eigenvalue weighted by Crippen LogP contribution is -2.00. The SMILES string of the molecule is COc1cc(-c2ccc3c(O)n(-c4cnn(Cc5cn(C)cn5)c4)cc3n2)cnc1OC. The monoisotopic (exact) mass is 431 g/mol. The fourth-order valence-corrected chi connectivity index (χ4v) is 3.58. The van der Waals surface area contributed by atoms with Gasteiger partial charge in [-0.3, -0.25) is 9.25 Å². The molecule has 0 aliphatic heterocycles. The molecule has 0 radical (unpaired) electrons.